The molecule has 1 atom stereocenters. The molecule has 1 heterocycles. The zero-order valence-corrected chi connectivity index (χ0v) is 11.8. The van der Waals surface area contributed by atoms with Crippen LogP contribution in [0.1, 0.15) is 26.2 Å². The Morgan fingerprint density at radius 1 is 1.47 bits per heavy atom. The number of carboxylic acids is 1. The number of methoxy groups -OCH3 is 1. The second-order valence-electron chi connectivity index (χ2n) is 4.92. The Balaban J connectivity index is 2.51. The molecule has 0 bridgehead atoms. The summed E-state index contributed by atoms with van der Waals surface area (Å²) in [6.07, 6.45) is 2.06. The number of rotatable bonds is 6. The van der Waals surface area contributed by atoms with E-state index < -0.39 is 5.97 Å². The molecule has 19 heavy (non-hydrogen) atoms. The predicted octanol–water partition coefficient (Wildman–Crippen LogP) is 1.26. The lowest BCUT2D eigenvalue weighted by Crippen LogP contribution is -2.48. The van der Waals surface area contributed by atoms with Crippen molar-refractivity contribution >= 4 is 12.0 Å². The van der Waals surface area contributed by atoms with Crippen LogP contribution in [0.3, 0.4) is 0 Å². The van der Waals surface area contributed by atoms with Gasteiger partial charge < -0.3 is 19.6 Å². The lowest BCUT2D eigenvalue weighted by Gasteiger charge is -2.35. The number of carbonyl (C=O) groups excluding carboxylic acids is 1. The molecule has 0 aromatic heterocycles. The maximum atomic E-state index is 12.3. The number of amides is 2. The number of hydrogen-bond acceptors (Lipinski definition) is 3. The number of hydrogen-bond donors (Lipinski definition) is 1. The Bertz CT molecular complexity index is 307. The molecule has 1 fully saturated rings. The van der Waals surface area contributed by atoms with Gasteiger partial charge in [-0.3, -0.25) is 4.79 Å². The molecule has 1 unspecified atom stereocenters. The van der Waals surface area contributed by atoms with Crippen LogP contribution in [0, 0.1) is 5.92 Å². The molecule has 2 amide bonds. The third-order valence-electron chi connectivity index (χ3n) is 3.44. The van der Waals surface area contributed by atoms with Crippen molar-refractivity contribution < 1.29 is 19.4 Å². The van der Waals surface area contributed by atoms with Crippen LogP contribution >= 0.6 is 0 Å². The van der Waals surface area contributed by atoms with Crippen molar-refractivity contribution in [2.45, 2.75) is 26.2 Å². The van der Waals surface area contributed by atoms with Gasteiger partial charge in [-0.25, -0.2) is 4.79 Å². The highest BCUT2D eigenvalue weighted by molar-refractivity contribution is 5.75. The number of carboxylic acid groups (broad SMARTS) is 1. The Kier molecular flexibility index (Phi) is 6.62. The molecular formula is C13H24N2O4. The molecule has 0 aliphatic carbocycles. The first-order valence-corrected chi connectivity index (χ1v) is 6.83. The van der Waals surface area contributed by atoms with E-state index in [1.165, 1.54) is 0 Å². The van der Waals surface area contributed by atoms with Gasteiger partial charge in [0, 0.05) is 39.2 Å². The van der Waals surface area contributed by atoms with Gasteiger partial charge in [0.1, 0.15) is 0 Å². The van der Waals surface area contributed by atoms with Gasteiger partial charge in [-0.05, 0) is 19.8 Å². The summed E-state index contributed by atoms with van der Waals surface area (Å²) in [4.78, 5) is 26.3. The maximum Gasteiger partial charge on any atom is 0.320 e. The van der Waals surface area contributed by atoms with Crippen LogP contribution in [0.4, 0.5) is 4.79 Å². The summed E-state index contributed by atoms with van der Waals surface area (Å²) >= 11 is 0. The second kappa shape index (κ2) is 7.99. The van der Waals surface area contributed by atoms with Crippen LogP contribution in [0.25, 0.3) is 0 Å². The van der Waals surface area contributed by atoms with E-state index in [2.05, 4.69) is 0 Å². The third kappa shape index (κ3) is 5.06. The molecular weight excluding hydrogens is 248 g/mol. The van der Waals surface area contributed by atoms with Gasteiger partial charge in [-0.15, -0.1) is 0 Å². The first kappa shape index (κ1) is 15.8. The number of likely N-dealkylation sites (tertiary alicyclic amines) is 1. The number of urea groups is 1. The van der Waals surface area contributed by atoms with Crippen LogP contribution in [0.5, 0.6) is 0 Å². The van der Waals surface area contributed by atoms with E-state index >= 15 is 0 Å². The largest absolute Gasteiger partial charge is 0.481 e. The Labute approximate surface area is 114 Å². The van der Waals surface area contributed by atoms with Gasteiger partial charge in [-0.2, -0.15) is 0 Å². The van der Waals surface area contributed by atoms with E-state index in [-0.39, 0.29) is 19.0 Å². The number of aliphatic carboxylic acids is 1. The zero-order chi connectivity index (χ0) is 14.3. The average molecular weight is 272 g/mol. The van der Waals surface area contributed by atoms with Crippen molar-refractivity contribution in [1.82, 2.24) is 9.80 Å². The zero-order valence-electron chi connectivity index (χ0n) is 11.8. The summed E-state index contributed by atoms with van der Waals surface area (Å²) in [7, 11) is 1.67. The fourth-order valence-electron chi connectivity index (χ4n) is 2.43. The van der Waals surface area contributed by atoms with Crippen LogP contribution in [0.15, 0.2) is 0 Å². The van der Waals surface area contributed by atoms with E-state index in [1.54, 1.807) is 12.0 Å². The third-order valence-corrected chi connectivity index (χ3v) is 3.44. The van der Waals surface area contributed by atoms with Crippen LogP contribution in [-0.4, -0.2) is 66.8 Å². The molecule has 1 rings (SSSR count). The topological polar surface area (TPSA) is 70.1 Å². The van der Waals surface area contributed by atoms with Gasteiger partial charge in [0.05, 0.1) is 13.0 Å². The van der Waals surface area contributed by atoms with Gasteiger partial charge >= 0.3 is 12.0 Å². The minimum Gasteiger partial charge on any atom is -0.481 e. The lowest BCUT2D eigenvalue weighted by molar-refractivity contribution is -0.137. The SMILES string of the molecule is CCN(CCC(=O)O)C(=O)N1CCCC(COC)C1. The molecule has 1 saturated heterocycles. The first-order valence-electron chi connectivity index (χ1n) is 6.83. The number of nitrogens with zero attached hydrogens (tertiary/aromatic N) is 2. The van der Waals surface area contributed by atoms with E-state index in [4.69, 9.17) is 9.84 Å². The monoisotopic (exact) mass is 272 g/mol. The van der Waals surface area contributed by atoms with Crippen LogP contribution in [0.2, 0.25) is 0 Å². The summed E-state index contributed by atoms with van der Waals surface area (Å²) in [5.41, 5.74) is 0. The number of ether oxygens (including phenoxy) is 1. The second-order valence-corrected chi connectivity index (χ2v) is 4.92. The molecule has 6 nitrogen and oxygen atoms in total. The Morgan fingerprint density at radius 2 is 2.21 bits per heavy atom. The lowest BCUT2D eigenvalue weighted by atomic mass is 9.99. The van der Waals surface area contributed by atoms with Crippen LogP contribution in [-0.2, 0) is 9.53 Å². The molecule has 0 saturated carbocycles. The van der Waals surface area contributed by atoms with E-state index in [0.717, 1.165) is 19.4 Å². The molecule has 1 aliphatic heterocycles. The summed E-state index contributed by atoms with van der Waals surface area (Å²) in [6.45, 7) is 4.81. The first-order chi connectivity index (χ1) is 9.08. The van der Waals surface area contributed by atoms with Crippen molar-refractivity contribution in [3.63, 3.8) is 0 Å². The minimum atomic E-state index is -0.873. The standard InChI is InChI=1S/C13H24N2O4/c1-3-14(8-6-12(16)17)13(18)15-7-4-5-11(9-15)10-19-2/h11H,3-10H2,1-2H3,(H,16,17). The molecule has 0 aromatic rings. The summed E-state index contributed by atoms with van der Waals surface area (Å²) in [5, 5.41) is 8.69. The number of piperidine rings is 1. The average Bonchev–Trinajstić information content (AvgIpc) is 2.39. The highest BCUT2D eigenvalue weighted by atomic mass is 16.5. The summed E-state index contributed by atoms with van der Waals surface area (Å²) in [6, 6.07) is -0.0513. The quantitative estimate of drug-likeness (QED) is 0.790. The van der Waals surface area contributed by atoms with Crippen LogP contribution < -0.4 is 0 Å². The molecule has 0 radical (unpaired) electrons. The van der Waals surface area contributed by atoms with Crippen molar-refractivity contribution in [2.75, 3.05) is 39.9 Å². The normalized spacial score (nSPS) is 19.3. The number of carbonyl (C=O) groups is 2. The van der Waals surface area contributed by atoms with Crippen molar-refractivity contribution in [1.29, 1.82) is 0 Å². The smallest absolute Gasteiger partial charge is 0.320 e. The van der Waals surface area contributed by atoms with Crippen molar-refractivity contribution in [3.05, 3.63) is 0 Å². The summed E-state index contributed by atoms with van der Waals surface area (Å²) in [5.74, 6) is -0.483. The Hall–Kier alpha value is -1.30. The molecule has 0 spiro atoms. The Morgan fingerprint density at radius 3 is 2.79 bits per heavy atom. The molecule has 110 valence electrons. The van der Waals surface area contributed by atoms with Gasteiger partial charge in [-0.1, -0.05) is 0 Å². The molecule has 6 heteroatoms. The van der Waals surface area contributed by atoms with Crippen molar-refractivity contribution in [3.8, 4) is 0 Å². The highest BCUT2D eigenvalue weighted by Gasteiger charge is 2.26. The highest BCUT2D eigenvalue weighted by Crippen LogP contribution is 2.18. The van der Waals surface area contributed by atoms with Crippen molar-refractivity contribution in [2.24, 2.45) is 5.92 Å². The minimum absolute atomic E-state index is 0.00504. The fraction of sp³-hybridized carbons (Fsp3) is 0.846. The van der Waals surface area contributed by atoms with Gasteiger partial charge in [0.25, 0.3) is 0 Å². The van der Waals surface area contributed by atoms with E-state index in [1.807, 2.05) is 11.8 Å². The van der Waals surface area contributed by atoms with E-state index in [0.29, 0.717) is 25.6 Å². The van der Waals surface area contributed by atoms with Gasteiger partial charge in [0.2, 0.25) is 0 Å². The molecule has 1 aliphatic rings. The maximum absolute atomic E-state index is 12.3. The predicted molar refractivity (Wildman–Crippen MR) is 71.1 cm³/mol. The molecule has 0 aromatic carbocycles. The summed E-state index contributed by atoms with van der Waals surface area (Å²) < 4.78 is 5.15. The molecule has 1 N–H and O–H groups in total. The van der Waals surface area contributed by atoms with E-state index in [9.17, 15) is 9.59 Å². The van der Waals surface area contributed by atoms with Gasteiger partial charge in [0.15, 0.2) is 0 Å². The fourth-order valence-corrected chi connectivity index (χ4v) is 2.43.